The second-order valence-electron chi connectivity index (χ2n) is 4.65. The van der Waals surface area contributed by atoms with Crippen LogP contribution in [0.3, 0.4) is 0 Å². The smallest absolute Gasteiger partial charge is 0.237 e. The average Bonchev–Trinajstić information content (AvgIpc) is 2.25. The van der Waals surface area contributed by atoms with Gasteiger partial charge in [-0.15, -0.1) is 0 Å². The normalized spacial score (nSPS) is 27.0. The minimum absolute atomic E-state index is 0.102. The fraction of sp³-hybridized carbons (Fsp3) is 0.417. The van der Waals surface area contributed by atoms with Crippen molar-refractivity contribution in [2.45, 2.75) is 19.8 Å². The number of aromatic nitrogens is 1. The number of nitrogens with two attached hydrogens (primary N) is 1. The standard InChI is InChI=1S/C12H15N3OS/c1-8-6-12(7-8,10(13)17)11(16)15-9-2-4-14-5-3-9/h2-5,8H,6-7H2,1H3,(H2,13,17)(H,14,15,16). The van der Waals surface area contributed by atoms with E-state index in [1.807, 2.05) is 0 Å². The van der Waals surface area contributed by atoms with Gasteiger partial charge in [-0.3, -0.25) is 9.78 Å². The van der Waals surface area contributed by atoms with E-state index in [9.17, 15) is 4.79 Å². The van der Waals surface area contributed by atoms with E-state index < -0.39 is 5.41 Å². The Labute approximate surface area is 106 Å². The number of hydrogen-bond donors (Lipinski definition) is 2. The van der Waals surface area contributed by atoms with Crippen LogP contribution >= 0.6 is 12.2 Å². The highest BCUT2D eigenvalue weighted by Crippen LogP contribution is 2.46. The number of amides is 1. The molecule has 2 rings (SSSR count). The van der Waals surface area contributed by atoms with Crippen molar-refractivity contribution in [3.8, 4) is 0 Å². The van der Waals surface area contributed by atoms with Gasteiger partial charge in [-0.1, -0.05) is 19.1 Å². The van der Waals surface area contributed by atoms with Crippen LogP contribution in [0.2, 0.25) is 0 Å². The van der Waals surface area contributed by atoms with Crippen LogP contribution < -0.4 is 11.1 Å². The third-order valence-electron chi connectivity index (χ3n) is 3.24. The fourth-order valence-corrected chi connectivity index (χ4v) is 2.57. The van der Waals surface area contributed by atoms with Crippen LogP contribution in [-0.2, 0) is 4.79 Å². The van der Waals surface area contributed by atoms with E-state index in [-0.39, 0.29) is 5.91 Å². The number of rotatable bonds is 3. The van der Waals surface area contributed by atoms with Crippen molar-refractivity contribution in [2.24, 2.45) is 17.1 Å². The fourth-order valence-electron chi connectivity index (χ4n) is 2.31. The Morgan fingerprint density at radius 2 is 2.12 bits per heavy atom. The van der Waals surface area contributed by atoms with Crippen LogP contribution in [0.1, 0.15) is 19.8 Å². The lowest BCUT2D eigenvalue weighted by Crippen LogP contribution is -2.53. The molecule has 1 heterocycles. The summed E-state index contributed by atoms with van der Waals surface area (Å²) in [6, 6.07) is 3.49. The lowest BCUT2D eigenvalue weighted by Gasteiger charge is -2.44. The van der Waals surface area contributed by atoms with Crippen molar-refractivity contribution in [2.75, 3.05) is 5.32 Å². The molecule has 5 heteroatoms. The van der Waals surface area contributed by atoms with E-state index in [4.69, 9.17) is 18.0 Å². The van der Waals surface area contributed by atoms with Gasteiger partial charge in [-0.25, -0.2) is 0 Å². The molecule has 1 aromatic rings. The molecule has 0 radical (unpaired) electrons. The first-order valence-corrected chi connectivity index (χ1v) is 5.97. The largest absolute Gasteiger partial charge is 0.392 e. The summed E-state index contributed by atoms with van der Waals surface area (Å²) in [5.41, 5.74) is 5.78. The van der Waals surface area contributed by atoms with Gasteiger partial charge in [0.2, 0.25) is 5.91 Å². The molecule has 4 nitrogen and oxygen atoms in total. The van der Waals surface area contributed by atoms with Crippen molar-refractivity contribution in [3.05, 3.63) is 24.5 Å². The molecule has 90 valence electrons. The van der Waals surface area contributed by atoms with E-state index in [0.29, 0.717) is 10.9 Å². The van der Waals surface area contributed by atoms with Crippen molar-refractivity contribution in [1.29, 1.82) is 0 Å². The average molecular weight is 249 g/mol. The molecule has 1 saturated carbocycles. The van der Waals surface area contributed by atoms with Crippen LogP contribution in [0, 0.1) is 11.3 Å². The van der Waals surface area contributed by atoms with E-state index in [2.05, 4.69) is 17.2 Å². The van der Waals surface area contributed by atoms with Crippen molar-refractivity contribution in [1.82, 2.24) is 4.98 Å². The summed E-state index contributed by atoms with van der Waals surface area (Å²) in [6.07, 6.45) is 4.73. The summed E-state index contributed by atoms with van der Waals surface area (Å²) in [5.74, 6) is 0.397. The highest BCUT2D eigenvalue weighted by molar-refractivity contribution is 7.80. The quantitative estimate of drug-likeness (QED) is 0.800. The molecule has 1 fully saturated rings. The summed E-state index contributed by atoms with van der Waals surface area (Å²) < 4.78 is 0. The third-order valence-corrected chi connectivity index (χ3v) is 3.63. The molecule has 1 aliphatic rings. The van der Waals surface area contributed by atoms with Crippen molar-refractivity contribution < 1.29 is 4.79 Å². The van der Waals surface area contributed by atoms with Crippen molar-refractivity contribution in [3.63, 3.8) is 0 Å². The third kappa shape index (κ3) is 2.15. The molecule has 1 amide bonds. The van der Waals surface area contributed by atoms with Gasteiger partial charge in [0, 0.05) is 18.1 Å². The number of nitrogens with zero attached hydrogens (tertiary/aromatic N) is 1. The first-order valence-electron chi connectivity index (χ1n) is 5.56. The summed E-state index contributed by atoms with van der Waals surface area (Å²) in [7, 11) is 0. The highest BCUT2D eigenvalue weighted by atomic mass is 32.1. The Morgan fingerprint density at radius 1 is 1.53 bits per heavy atom. The number of thiocarbonyl (C=S) groups is 1. The summed E-state index contributed by atoms with van der Waals surface area (Å²) in [6.45, 7) is 2.09. The first-order chi connectivity index (χ1) is 8.04. The molecule has 0 spiro atoms. The van der Waals surface area contributed by atoms with Gasteiger partial charge in [0.25, 0.3) is 0 Å². The minimum atomic E-state index is -0.655. The molecular weight excluding hydrogens is 234 g/mol. The molecular formula is C12H15N3OS. The Morgan fingerprint density at radius 3 is 2.59 bits per heavy atom. The van der Waals surface area contributed by atoms with Crippen LogP contribution in [-0.4, -0.2) is 15.9 Å². The maximum Gasteiger partial charge on any atom is 0.237 e. The molecule has 0 bridgehead atoms. The van der Waals surface area contributed by atoms with Gasteiger partial charge in [0.05, 0.1) is 10.4 Å². The Balaban J connectivity index is 2.12. The number of anilines is 1. The summed E-state index contributed by atoms with van der Waals surface area (Å²) >= 11 is 5.03. The lowest BCUT2D eigenvalue weighted by atomic mass is 9.62. The zero-order chi connectivity index (χ0) is 12.5. The Hall–Kier alpha value is -1.49. The molecule has 0 unspecified atom stereocenters. The maximum atomic E-state index is 12.2. The lowest BCUT2D eigenvalue weighted by molar-refractivity contribution is -0.127. The van der Waals surface area contributed by atoms with E-state index in [1.165, 1.54) is 0 Å². The van der Waals surface area contributed by atoms with E-state index in [0.717, 1.165) is 18.5 Å². The number of nitrogens with one attached hydrogen (secondary N) is 1. The molecule has 0 saturated heterocycles. The topological polar surface area (TPSA) is 68.0 Å². The monoisotopic (exact) mass is 249 g/mol. The predicted molar refractivity (Wildman–Crippen MR) is 70.5 cm³/mol. The summed E-state index contributed by atoms with van der Waals surface area (Å²) in [5, 5.41) is 2.84. The van der Waals surface area contributed by atoms with Gasteiger partial charge >= 0.3 is 0 Å². The minimum Gasteiger partial charge on any atom is -0.392 e. The van der Waals surface area contributed by atoms with E-state index >= 15 is 0 Å². The van der Waals surface area contributed by atoms with Gasteiger partial charge in [-0.05, 0) is 30.9 Å². The molecule has 0 aromatic carbocycles. The van der Waals surface area contributed by atoms with Crippen LogP contribution in [0.15, 0.2) is 24.5 Å². The molecule has 0 atom stereocenters. The number of carbonyl (C=O) groups is 1. The maximum absolute atomic E-state index is 12.2. The van der Waals surface area contributed by atoms with Crippen LogP contribution in [0.5, 0.6) is 0 Å². The Bertz CT molecular complexity index is 440. The van der Waals surface area contributed by atoms with Gasteiger partial charge in [0.15, 0.2) is 0 Å². The van der Waals surface area contributed by atoms with Gasteiger partial charge in [-0.2, -0.15) is 0 Å². The zero-order valence-corrected chi connectivity index (χ0v) is 10.5. The molecule has 17 heavy (non-hydrogen) atoms. The molecule has 1 aromatic heterocycles. The van der Waals surface area contributed by atoms with E-state index in [1.54, 1.807) is 24.5 Å². The molecule has 1 aliphatic carbocycles. The highest BCUT2D eigenvalue weighted by Gasteiger charge is 2.50. The number of carbonyl (C=O) groups excluding carboxylic acids is 1. The van der Waals surface area contributed by atoms with Gasteiger partial charge in [0.1, 0.15) is 0 Å². The van der Waals surface area contributed by atoms with Crippen LogP contribution in [0.25, 0.3) is 0 Å². The molecule has 0 aliphatic heterocycles. The van der Waals surface area contributed by atoms with Gasteiger partial charge < -0.3 is 11.1 Å². The second-order valence-corrected chi connectivity index (χ2v) is 5.09. The molecule has 3 N–H and O–H groups in total. The number of hydrogen-bond acceptors (Lipinski definition) is 3. The Kier molecular flexibility index (Phi) is 3.11. The predicted octanol–water partition coefficient (Wildman–Crippen LogP) is 1.72. The summed E-state index contributed by atoms with van der Waals surface area (Å²) in [4.78, 5) is 16.4. The first kappa shape index (κ1) is 12.0. The zero-order valence-electron chi connectivity index (χ0n) is 9.64. The number of pyridine rings is 1. The van der Waals surface area contributed by atoms with Crippen LogP contribution in [0.4, 0.5) is 5.69 Å². The van der Waals surface area contributed by atoms with Crippen molar-refractivity contribution >= 4 is 28.8 Å². The second kappa shape index (κ2) is 4.41. The SMILES string of the molecule is CC1CC(C(=O)Nc2ccncc2)(C(N)=S)C1.